The molecule has 0 rings (SSSR count). The van der Waals surface area contributed by atoms with Gasteiger partial charge in [0.1, 0.15) is 18.7 Å². The van der Waals surface area contributed by atoms with Crippen molar-refractivity contribution >= 4 is 151 Å². The van der Waals surface area contributed by atoms with Crippen LogP contribution < -0.4 is 0 Å². The Morgan fingerprint density at radius 3 is 0.737 bits per heavy atom. The molecule has 0 saturated heterocycles. The van der Waals surface area contributed by atoms with E-state index in [0.29, 0.717) is 0 Å². The second kappa shape index (κ2) is 15.1. The molecule has 0 aliphatic carbocycles. The number of hydrogen-bond acceptors (Lipinski definition) is 0. The van der Waals surface area contributed by atoms with Crippen LogP contribution in [0.4, 0.5) is 0 Å². The predicted molar refractivity (Wildman–Crippen MR) is 97.2 cm³/mol. The highest BCUT2D eigenvalue weighted by molar-refractivity contribution is 6.74. The first kappa shape index (κ1) is 27.4. The van der Waals surface area contributed by atoms with Crippen molar-refractivity contribution in [3.63, 3.8) is 0 Å². The molecule has 0 unspecified atom stereocenters. The van der Waals surface area contributed by atoms with Gasteiger partial charge in [0.2, 0.25) is 3.79 Å². The van der Waals surface area contributed by atoms with Gasteiger partial charge < -0.3 is 0 Å². The summed E-state index contributed by atoms with van der Waals surface area (Å²) in [6.07, 6.45) is 0. The van der Waals surface area contributed by atoms with Crippen LogP contribution in [0.2, 0.25) is 0 Å². The quantitative estimate of drug-likeness (QED) is 0.294. The molecule has 0 nitrogen and oxygen atoms in total. The lowest BCUT2D eigenvalue weighted by Crippen LogP contribution is -2.11. The van der Waals surface area contributed by atoms with Crippen molar-refractivity contribution < 1.29 is 0 Å². The zero-order valence-corrected chi connectivity index (χ0v) is 18.0. The highest BCUT2D eigenvalue weighted by Gasteiger charge is 2.28. The van der Waals surface area contributed by atoms with Gasteiger partial charge in [-0.3, -0.25) is 0 Å². The van der Waals surface area contributed by atoms with E-state index in [1.807, 2.05) is 0 Å². The Labute approximate surface area is 176 Å². The lowest BCUT2D eigenvalue weighted by molar-refractivity contribution is 1.19. The SMILES string of the molecule is ClC(Cl)=C(Cl)Cl.ClC(Cl)C(Cl)(Cl)Cl.ClC(Cl)C(Cl)Cl. The molecule has 0 spiro atoms. The van der Waals surface area contributed by atoms with Gasteiger partial charge in [-0.05, 0) is 0 Å². The fraction of sp³-hybridized carbons (Fsp3) is 0.667. The first-order valence-electron chi connectivity index (χ1n) is 3.50. The summed E-state index contributed by atoms with van der Waals surface area (Å²) in [5.74, 6) is 0. The number of rotatable bonds is 1. The van der Waals surface area contributed by atoms with E-state index in [1.165, 1.54) is 0 Å². The van der Waals surface area contributed by atoms with Crippen LogP contribution >= 0.6 is 151 Å². The molecule has 0 amide bonds. The van der Waals surface area contributed by atoms with Crippen molar-refractivity contribution in [3.8, 4) is 0 Å². The molecule has 0 aliphatic heterocycles. The van der Waals surface area contributed by atoms with Gasteiger partial charge in [-0.15, -0.1) is 69.6 Å². The van der Waals surface area contributed by atoms with Crippen LogP contribution in [-0.2, 0) is 0 Å². The Hall–Kier alpha value is 3.51. The van der Waals surface area contributed by atoms with Gasteiger partial charge in [-0.25, -0.2) is 0 Å². The van der Waals surface area contributed by atoms with Crippen molar-refractivity contribution in [2.45, 2.75) is 18.3 Å². The van der Waals surface area contributed by atoms with Crippen molar-refractivity contribution in [1.82, 2.24) is 0 Å². The van der Waals surface area contributed by atoms with Gasteiger partial charge in [0.05, 0.1) is 0 Å². The Kier molecular flexibility index (Phi) is 21.7. The maximum atomic E-state index is 5.14. The molecule has 0 aliphatic rings. The fourth-order valence-corrected chi connectivity index (χ4v) is 0. The Morgan fingerprint density at radius 1 is 0.579 bits per heavy atom. The van der Waals surface area contributed by atoms with Crippen LogP contribution in [0.3, 0.4) is 0 Å². The third-order valence-electron chi connectivity index (χ3n) is 0.581. The van der Waals surface area contributed by atoms with Gasteiger partial charge in [-0.1, -0.05) is 81.2 Å². The van der Waals surface area contributed by atoms with E-state index in [0.717, 1.165) is 0 Å². The topological polar surface area (TPSA) is 0 Å². The van der Waals surface area contributed by atoms with Crippen molar-refractivity contribution in [2.75, 3.05) is 0 Å². The van der Waals surface area contributed by atoms with Crippen LogP contribution in [0.1, 0.15) is 0 Å². The van der Waals surface area contributed by atoms with Gasteiger partial charge in [0, 0.05) is 0 Å². The number of alkyl halides is 9. The summed E-state index contributed by atoms with van der Waals surface area (Å²) >= 11 is 66.1. The highest BCUT2D eigenvalue weighted by Crippen LogP contribution is 2.35. The molecule has 19 heavy (non-hydrogen) atoms. The maximum Gasteiger partial charge on any atom is 0.220 e. The van der Waals surface area contributed by atoms with Gasteiger partial charge in [0.15, 0.2) is 4.84 Å². The summed E-state index contributed by atoms with van der Waals surface area (Å²) < 4.78 is -1.75. The normalized spacial score (nSPS) is 10.7. The van der Waals surface area contributed by atoms with Crippen LogP contribution in [0.5, 0.6) is 0 Å². The summed E-state index contributed by atoms with van der Waals surface area (Å²) in [6.45, 7) is 0. The molecule has 0 atom stereocenters. The predicted octanol–water partition coefficient (Wildman–Crippen LogP) is 8.82. The molecular formula is C6H3Cl13. The minimum atomic E-state index is -1.55. The van der Waals surface area contributed by atoms with Gasteiger partial charge >= 0.3 is 0 Å². The summed E-state index contributed by atoms with van der Waals surface area (Å²) in [5.41, 5.74) is 0. The number of hydrogen-bond donors (Lipinski definition) is 0. The minimum Gasteiger partial charge on any atom is -0.102 e. The van der Waals surface area contributed by atoms with E-state index in [4.69, 9.17) is 151 Å². The summed E-state index contributed by atoms with van der Waals surface area (Å²) in [7, 11) is 0. The number of halogens is 13. The smallest absolute Gasteiger partial charge is 0.102 e. The molecule has 0 fully saturated rings. The standard InChI is InChI=1S/C2HCl5.C2H2Cl4.C2Cl4/c3-1(4)2(5,6)7;2*3-1(4)2(5)6/h1H;1-2H;. The molecule has 0 heterocycles. The zero-order chi connectivity index (χ0) is 16.4. The first-order valence-corrected chi connectivity index (χ1v) is 8.77. The zero-order valence-electron chi connectivity index (χ0n) is 8.15. The van der Waals surface area contributed by atoms with Crippen LogP contribution in [0.15, 0.2) is 8.98 Å². The monoisotopic (exact) mass is 530 g/mol. The third-order valence-corrected chi connectivity index (χ3v) is 5.23. The van der Waals surface area contributed by atoms with E-state index < -0.39 is 18.3 Å². The summed E-state index contributed by atoms with van der Waals surface area (Å²) in [4.78, 5) is -2.31. The largest absolute Gasteiger partial charge is 0.220 e. The van der Waals surface area contributed by atoms with Crippen LogP contribution in [-0.4, -0.2) is 18.3 Å². The Bertz CT molecular complexity index is 214. The molecule has 0 radical (unpaired) electrons. The Morgan fingerprint density at radius 2 is 0.737 bits per heavy atom. The molecule has 13 heteroatoms. The molecule has 0 bridgehead atoms. The molecule has 0 aromatic heterocycles. The van der Waals surface area contributed by atoms with E-state index >= 15 is 0 Å². The Balaban J connectivity index is -0.000000203. The van der Waals surface area contributed by atoms with E-state index in [9.17, 15) is 0 Å². The average molecular weight is 536 g/mol. The third kappa shape index (κ3) is 26.7. The molecule has 0 aromatic carbocycles. The second-order valence-corrected chi connectivity index (χ2v) is 9.72. The minimum absolute atomic E-state index is 0.0988. The molecular weight excluding hydrogens is 533 g/mol. The van der Waals surface area contributed by atoms with Crippen molar-refractivity contribution in [3.05, 3.63) is 8.98 Å². The second-order valence-electron chi connectivity index (χ2n) is 2.03. The lowest BCUT2D eigenvalue weighted by Gasteiger charge is -2.09. The van der Waals surface area contributed by atoms with Crippen LogP contribution in [0.25, 0.3) is 0 Å². The van der Waals surface area contributed by atoms with Crippen molar-refractivity contribution in [1.29, 1.82) is 0 Å². The first-order chi connectivity index (χ1) is 8.23. The molecule has 0 saturated carbocycles. The van der Waals surface area contributed by atoms with Crippen LogP contribution in [0, 0.1) is 0 Å². The maximum absolute atomic E-state index is 5.14. The van der Waals surface area contributed by atoms with E-state index in [1.54, 1.807) is 0 Å². The lowest BCUT2D eigenvalue weighted by atomic mass is 10.9. The van der Waals surface area contributed by atoms with E-state index in [-0.39, 0.29) is 8.98 Å². The molecule has 0 N–H and O–H groups in total. The van der Waals surface area contributed by atoms with E-state index in [2.05, 4.69) is 0 Å². The average Bonchev–Trinajstić information content (AvgIpc) is 2.17. The highest BCUT2D eigenvalue weighted by atomic mass is 35.6. The molecule has 0 aromatic rings. The van der Waals surface area contributed by atoms with Gasteiger partial charge in [-0.2, -0.15) is 0 Å². The summed E-state index contributed by atoms with van der Waals surface area (Å²) in [5, 5.41) is 0. The molecule has 118 valence electrons. The van der Waals surface area contributed by atoms with Gasteiger partial charge in [0.25, 0.3) is 0 Å². The van der Waals surface area contributed by atoms with Crippen molar-refractivity contribution in [2.24, 2.45) is 0 Å². The fourth-order valence-electron chi connectivity index (χ4n) is 0. The summed E-state index contributed by atoms with van der Waals surface area (Å²) in [6, 6.07) is 0.